The maximum atomic E-state index is 9.84. The van der Waals surface area contributed by atoms with Gasteiger partial charge in [0.1, 0.15) is 5.75 Å². The summed E-state index contributed by atoms with van der Waals surface area (Å²) in [5.41, 5.74) is 3.90. The quantitative estimate of drug-likeness (QED) is 0.763. The Bertz CT molecular complexity index is 671. The summed E-state index contributed by atoms with van der Waals surface area (Å²) in [7, 11) is 0. The van der Waals surface area contributed by atoms with Crippen LogP contribution in [-0.2, 0) is 0 Å². The molecule has 3 heteroatoms. The van der Waals surface area contributed by atoms with E-state index in [-0.39, 0.29) is 5.75 Å². The first kappa shape index (κ1) is 15.6. The minimum Gasteiger partial charge on any atom is -0.507 e. The molecule has 0 radical (unpaired) electrons. The molecular weight excluding hydrogens is 284 g/mol. The van der Waals surface area contributed by atoms with E-state index in [2.05, 4.69) is 22.4 Å². The van der Waals surface area contributed by atoms with Crippen LogP contribution in [0.4, 0.5) is 11.4 Å². The van der Waals surface area contributed by atoms with Gasteiger partial charge in [-0.15, -0.1) is 0 Å². The first-order valence-electron chi connectivity index (χ1n) is 8.41. The molecule has 3 rings (SSSR count). The van der Waals surface area contributed by atoms with Crippen LogP contribution in [0.1, 0.15) is 43.2 Å². The number of hydrogen-bond donors (Lipinski definition) is 2. The summed E-state index contributed by atoms with van der Waals surface area (Å²) in [5, 5.41) is 13.4. The highest BCUT2D eigenvalue weighted by Gasteiger charge is 2.12. The topological polar surface area (TPSA) is 44.6 Å². The molecule has 2 aromatic rings. The Labute approximate surface area is 138 Å². The van der Waals surface area contributed by atoms with Crippen molar-refractivity contribution in [3.63, 3.8) is 0 Å². The summed E-state index contributed by atoms with van der Waals surface area (Å²) in [4.78, 5) is 4.45. The molecular formula is C20H24N2O. The molecule has 0 aromatic heterocycles. The van der Waals surface area contributed by atoms with Crippen LogP contribution in [0.25, 0.3) is 0 Å². The summed E-state index contributed by atoms with van der Waals surface area (Å²) in [6.45, 7) is 2.00. The lowest BCUT2D eigenvalue weighted by atomic mass is 9.95. The third kappa shape index (κ3) is 4.35. The second kappa shape index (κ2) is 7.32. The van der Waals surface area contributed by atoms with Gasteiger partial charge in [-0.3, -0.25) is 4.99 Å². The van der Waals surface area contributed by atoms with E-state index in [1.54, 1.807) is 12.3 Å². The van der Waals surface area contributed by atoms with Gasteiger partial charge in [-0.2, -0.15) is 0 Å². The Hall–Kier alpha value is -2.29. The van der Waals surface area contributed by atoms with Gasteiger partial charge in [-0.05, 0) is 56.2 Å². The Morgan fingerprint density at radius 2 is 1.78 bits per heavy atom. The lowest BCUT2D eigenvalue weighted by Crippen LogP contribution is -2.21. The van der Waals surface area contributed by atoms with Crippen LogP contribution < -0.4 is 5.32 Å². The zero-order chi connectivity index (χ0) is 16.1. The third-order valence-corrected chi connectivity index (χ3v) is 4.38. The van der Waals surface area contributed by atoms with Gasteiger partial charge in [0.05, 0.1) is 5.69 Å². The van der Waals surface area contributed by atoms with E-state index in [4.69, 9.17) is 0 Å². The molecule has 0 heterocycles. The Morgan fingerprint density at radius 3 is 2.52 bits per heavy atom. The number of aromatic hydroxyl groups is 1. The molecule has 0 amide bonds. The highest BCUT2D eigenvalue weighted by Crippen LogP contribution is 2.23. The SMILES string of the molecule is Cc1ccc(O)c(C=Nc2ccc(NC3CCCCC3)cc2)c1. The lowest BCUT2D eigenvalue weighted by Gasteiger charge is -2.23. The molecule has 1 aliphatic rings. The van der Waals surface area contributed by atoms with Crippen LogP contribution >= 0.6 is 0 Å². The average molecular weight is 308 g/mol. The van der Waals surface area contributed by atoms with E-state index in [0.717, 1.165) is 22.5 Å². The maximum absolute atomic E-state index is 9.84. The van der Waals surface area contributed by atoms with Crippen LogP contribution in [0.5, 0.6) is 5.75 Å². The number of hydrogen-bond acceptors (Lipinski definition) is 3. The minimum atomic E-state index is 0.259. The summed E-state index contributed by atoms with van der Waals surface area (Å²) < 4.78 is 0. The van der Waals surface area contributed by atoms with Gasteiger partial charge in [-0.25, -0.2) is 0 Å². The Morgan fingerprint density at radius 1 is 1.04 bits per heavy atom. The fourth-order valence-electron chi connectivity index (χ4n) is 3.05. The number of nitrogens with one attached hydrogen (secondary N) is 1. The van der Waals surface area contributed by atoms with Gasteiger partial charge in [0.2, 0.25) is 0 Å². The molecule has 0 atom stereocenters. The van der Waals surface area contributed by atoms with Crippen molar-refractivity contribution in [2.75, 3.05) is 5.32 Å². The van der Waals surface area contributed by atoms with E-state index >= 15 is 0 Å². The number of phenolic OH excluding ortho intramolecular Hbond substituents is 1. The molecule has 1 fully saturated rings. The number of aliphatic imine (C=N–C) groups is 1. The second-order valence-corrected chi connectivity index (χ2v) is 6.35. The molecule has 3 nitrogen and oxygen atoms in total. The predicted molar refractivity (Wildman–Crippen MR) is 97.0 cm³/mol. The van der Waals surface area contributed by atoms with E-state index in [0.29, 0.717) is 6.04 Å². The number of rotatable bonds is 4. The van der Waals surface area contributed by atoms with Crippen LogP contribution in [0.3, 0.4) is 0 Å². The van der Waals surface area contributed by atoms with Crippen molar-refractivity contribution in [1.29, 1.82) is 0 Å². The summed E-state index contributed by atoms with van der Waals surface area (Å²) in [6.07, 6.45) is 8.29. The van der Waals surface area contributed by atoms with Crippen molar-refractivity contribution in [3.8, 4) is 5.75 Å². The smallest absolute Gasteiger partial charge is 0.124 e. The van der Waals surface area contributed by atoms with Crippen molar-refractivity contribution < 1.29 is 5.11 Å². The molecule has 0 aliphatic heterocycles. The van der Waals surface area contributed by atoms with Crippen molar-refractivity contribution in [3.05, 3.63) is 53.6 Å². The highest BCUT2D eigenvalue weighted by molar-refractivity contribution is 5.85. The first-order chi connectivity index (χ1) is 11.2. The zero-order valence-electron chi connectivity index (χ0n) is 13.6. The van der Waals surface area contributed by atoms with Crippen molar-refractivity contribution in [2.45, 2.75) is 45.1 Å². The van der Waals surface area contributed by atoms with Gasteiger partial charge in [0, 0.05) is 23.5 Å². The average Bonchev–Trinajstić information content (AvgIpc) is 2.58. The van der Waals surface area contributed by atoms with E-state index in [9.17, 15) is 5.11 Å². The molecule has 0 saturated heterocycles. The highest BCUT2D eigenvalue weighted by atomic mass is 16.3. The largest absolute Gasteiger partial charge is 0.507 e. The molecule has 1 saturated carbocycles. The first-order valence-corrected chi connectivity index (χ1v) is 8.41. The predicted octanol–water partition coefficient (Wildman–Crippen LogP) is 5.20. The summed E-state index contributed by atoms with van der Waals surface area (Å²) in [5.74, 6) is 0.259. The van der Waals surface area contributed by atoms with Crippen molar-refractivity contribution in [1.82, 2.24) is 0 Å². The fraction of sp³-hybridized carbons (Fsp3) is 0.350. The van der Waals surface area contributed by atoms with Gasteiger partial charge in [0.15, 0.2) is 0 Å². The third-order valence-electron chi connectivity index (χ3n) is 4.38. The molecule has 1 aliphatic carbocycles. The number of phenols is 1. The van der Waals surface area contributed by atoms with E-state index in [1.807, 2.05) is 31.2 Å². The van der Waals surface area contributed by atoms with Crippen molar-refractivity contribution >= 4 is 17.6 Å². The lowest BCUT2D eigenvalue weighted by molar-refractivity contribution is 0.463. The molecule has 0 unspecified atom stereocenters. The minimum absolute atomic E-state index is 0.259. The molecule has 2 aromatic carbocycles. The fourth-order valence-corrected chi connectivity index (χ4v) is 3.05. The normalized spacial score (nSPS) is 15.9. The van der Waals surface area contributed by atoms with E-state index < -0.39 is 0 Å². The second-order valence-electron chi connectivity index (χ2n) is 6.35. The summed E-state index contributed by atoms with van der Waals surface area (Å²) in [6, 6.07) is 14.3. The van der Waals surface area contributed by atoms with Gasteiger partial charge in [0.25, 0.3) is 0 Å². The van der Waals surface area contributed by atoms with Gasteiger partial charge < -0.3 is 10.4 Å². The van der Waals surface area contributed by atoms with Crippen LogP contribution in [0, 0.1) is 6.92 Å². The molecule has 23 heavy (non-hydrogen) atoms. The van der Waals surface area contributed by atoms with Gasteiger partial charge in [-0.1, -0.05) is 30.9 Å². The Balaban J connectivity index is 1.64. The van der Waals surface area contributed by atoms with Crippen LogP contribution in [0.2, 0.25) is 0 Å². The van der Waals surface area contributed by atoms with Crippen LogP contribution in [-0.4, -0.2) is 17.4 Å². The number of nitrogens with zero attached hydrogens (tertiary/aromatic N) is 1. The van der Waals surface area contributed by atoms with Gasteiger partial charge >= 0.3 is 0 Å². The molecule has 0 bridgehead atoms. The maximum Gasteiger partial charge on any atom is 0.124 e. The number of aryl methyl sites for hydroxylation is 1. The summed E-state index contributed by atoms with van der Waals surface area (Å²) >= 11 is 0. The number of anilines is 1. The molecule has 120 valence electrons. The van der Waals surface area contributed by atoms with Crippen molar-refractivity contribution in [2.24, 2.45) is 4.99 Å². The number of benzene rings is 2. The monoisotopic (exact) mass is 308 g/mol. The Kier molecular flexibility index (Phi) is 4.96. The zero-order valence-corrected chi connectivity index (χ0v) is 13.6. The molecule has 0 spiro atoms. The molecule has 2 N–H and O–H groups in total. The van der Waals surface area contributed by atoms with E-state index in [1.165, 1.54) is 32.1 Å². The van der Waals surface area contributed by atoms with Crippen LogP contribution in [0.15, 0.2) is 47.5 Å². The standard InChI is InChI=1S/C20H24N2O/c1-15-7-12-20(23)16(13-15)14-21-17-8-10-19(11-9-17)22-18-5-3-2-4-6-18/h7-14,18,22-23H,2-6H2,1H3.